The molecule has 0 bridgehead atoms. The second kappa shape index (κ2) is 2.99. The molecular formula is C9H10O2S. The van der Waals surface area contributed by atoms with Crippen LogP contribution in [0.15, 0.2) is 30.3 Å². The Morgan fingerprint density at radius 3 is 2.50 bits per heavy atom. The van der Waals surface area contributed by atoms with Crippen LogP contribution in [0.5, 0.6) is 0 Å². The van der Waals surface area contributed by atoms with Gasteiger partial charge in [-0.1, -0.05) is 30.3 Å². The average Bonchev–Trinajstić information content (AvgIpc) is 2.84. The quantitative estimate of drug-likeness (QED) is 0.708. The third-order valence-corrected chi connectivity index (χ3v) is 3.26. The van der Waals surface area contributed by atoms with Crippen LogP contribution in [0.1, 0.15) is 17.9 Å². The maximum Gasteiger partial charge on any atom is 0.156 e. The Hall–Kier alpha value is -0.670. The van der Waals surface area contributed by atoms with Gasteiger partial charge in [-0.05, 0) is 12.0 Å². The third-order valence-electron chi connectivity index (χ3n) is 2.22. The van der Waals surface area contributed by atoms with Gasteiger partial charge in [0.05, 0.1) is 5.25 Å². The lowest BCUT2D eigenvalue weighted by Crippen LogP contribution is -1.96. The van der Waals surface area contributed by atoms with E-state index in [1.165, 1.54) is 5.56 Å². The minimum absolute atomic E-state index is 0.0209. The van der Waals surface area contributed by atoms with Crippen molar-refractivity contribution in [3.63, 3.8) is 0 Å². The van der Waals surface area contributed by atoms with Crippen LogP contribution in [0.4, 0.5) is 0 Å². The predicted octanol–water partition coefficient (Wildman–Crippen LogP) is 1.76. The van der Waals surface area contributed by atoms with E-state index in [0.29, 0.717) is 5.92 Å². The molecule has 0 amide bonds. The molecule has 1 N–H and O–H groups in total. The standard InChI is InChI=1S/C9H10O2S/c10-12(11)9-6-8(9)7-4-2-1-3-5-7/h1-5,8-9H,6H2,(H,10,11). The predicted molar refractivity (Wildman–Crippen MR) is 48.4 cm³/mol. The van der Waals surface area contributed by atoms with Crippen LogP contribution in [0.3, 0.4) is 0 Å². The van der Waals surface area contributed by atoms with E-state index in [9.17, 15) is 4.21 Å². The lowest BCUT2D eigenvalue weighted by molar-refractivity contribution is 0.562. The Morgan fingerprint density at radius 2 is 2.00 bits per heavy atom. The van der Waals surface area contributed by atoms with Crippen LogP contribution < -0.4 is 0 Å². The molecule has 1 aliphatic rings. The number of hydrogen-bond donors (Lipinski definition) is 1. The van der Waals surface area contributed by atoms with Gasteiger partial charge in [-0.3, -0.25) is 0 Å². The molecule has 3 atom stereocenters. The number of benzene rings is 1. The molecule has 0 radical (unpaired) electrons. The van der Waals surface area contributed by atoms with E-state index in [0.717, 1.165) is 6.42 Å². The topological polar surface area (TPSA) is 37.3 Å². The van der Waals surface area contributed by atoms with Crippen molar-refractivity contribution in [1.29, 1.82) is 0 Å². The fourth-order valence-electron chi connectivity index (χ4n) is 1.45. The summed E-state index contributed by atoms with van der Waals surface area (Å²) in [5, 5.41) is -0.0209. The summed E-state index contributed by atoms with van der Waals surface area (Å²) in [6, 6.07) is 9.90. The first-order chi connectivity index (χ1) is 5.79. The molecule has 0 aliphatic heterocycles. The monoisotopic (exact) mass is 182 g/mol. The molecule has 1 aliphatic carbocycles. The summed E-state index contributed by atoms with van der Waals surface area (Å²) in [6.07, 6.45) is 0.854. The maximum atomic E-state index is 10.7. The van der Waals surface area contributed by atoms with Crippen molar-refractivity contribution in [2.24, 2.45) is 0 Å². The van der Waals surface area contributed by atoms with Gasteiger partial charge in [0.1, 0.15) is 0 Å². The van der Waals surface area contributed by atoms with E-state index in [1.807, 2.05) is 30.3 Å². The van der Waals surface area contributed by atoms with Gasteiger partial charge in [0.2, 0.25) is 0 Å². The van der Waals surface area contributed by atoms with Crippen molar-refractivity contribution in [1.82, 2.24) is 0 Å². The highest BCUT2D eigenvalue weighted by Crippen LogP contribution is 2.43. The summed E-state index contributed by atoms with van der Waals surface area (Å²) in [5.74, 6) is 0.317. The van der Waals surface area contributed by atoms with Crippen LogP contribution in [0.25, 0.3) is 0 Å². The Balaban J connectivity index is 2.11. The summed E-state index contributed by atoms with van der Waals surface area (Å²) >= 11 is -1.64. The maximum absolute atomic E-state index is 10.7. The molecule has 1 saturated carbocycles. The molecule has 2 nitrogen and oxygen atoms in total. The van der Waals surface area contributed by atoms with Gasteiger partial charge >= 0.3 is 0 Å². The van der Waals surface area contributed by atoms with E-state index in [4.69, 9.17) is 4.55 Å². The highest BCUT2D eigenvalue weighted by Gasteiger charge is 2.42. The van der Waals surface area contributed by atoms with E-state index in [1.54, 1.807) is 0 Å². The fraction of sp³-hybridized carbons (Fsp3) is 0.333. The Morgan fingerprint density at radius 1 is 1.33 bits per heavy atom. The summed E-state index contributed by atoms with van der Waals surface area (Å²) in [6.45, 7) is 0. The van der Waals surface area contributed by atoms with Crippen molar-refractivity contribution in [3.8, 4) is 0 Å². The van der Waals surface area contributed by atoms with Gasteiger partial charge in [-0.15, -0.1) is 0 Å². The lowest BCUT2D eigenvalue weighted by atomic mass is 10.1. The minimum atomic E-state index is -1.64. The molecular weight excluding hydrogens is 172 g/mol. The summed E-state index contributed by atoms with van der Waals surface area (Å²) in [4.78, 5) is 0. The van der Waals surface area contributed by atoms with Gasteiger partial charge in [-0.25, -0.2) is 4.21 Å². The van der Waals surface area contributed by atoms with E-state index in [2.05, 4.69) is 0 Å². The Bertz CT molecular complexity index is 297. The fourth-order valence-corrected chi connectivity index (χ4v) is 2.26. The van der Waals surface area contributed by atoms with Crippen LogP contribution in [-0.2, 0) is 11.1 Å². The van der Waals surface area contributed by atoms with E-state index < -0.39 is 11.1 Å². The SMILES string of the molecule is O=S(O)C1CC1c1ccccc1. The molecule has 0 saturated heterocycles. The van der Waals surface area contributed by atoms with Crippen LogP contribution >= 0.6 is 0 Å². The molecule has 3 heteroatoms. The van der Waals surface area contributed by atoms with Gasteiger partial charge in [0, 0.05) is 5.92 Å². The summed E-state index contributed by atoms with van der Waals surface area (Å²) in [7, 11) is 0. The van der Waals surface area contributed by atoms with Crippen molar-refractivity contribution in [2.45, 2.75) is 17.6 Å². The van der Waals surface area contributed by atoms with Gasteiger partial charge < -0.3 is 4.55 Å². The average molecular weight is 182 g/mol. The largest absolute Gasteiger partial charge is 0.306 e. The number of rotatable bonds is 2. The first-order valence-electron chi connectivity index (χ1n) is 3.93. The smallest absolute Gasteiger partial charge is 0.156 e. The molecule has 1 aromatic rings. The highest BCUT2D eigenvalue weighted by atomic mass is 32.2. The first-order valence-corrected chi connectivity index (χ1v) is 5.10. The molecule has 0 aromatic heterocycles. The number of hydrogen-bond acceptors (Lipinski definition) is 1. The second-order valence-corrected chi connectivity index (χ2v) is 4.23. The Kier molecular flexibility index (Phi) is 1.98. The molecule has 0 heterocycles. The van der Waals surface area contributed by atoms with Crippen molar-refractivity contribution in [2.75, 3.05) is 0 Å². The van der Waals surface area contributed by atoms with Gasteiger partial charge in [-0.2, -0.15) is 0 Å². The highest BCUT2D eigenvalue weighted by molar-refractivity contribution is 7.80. The van der Waals surface area contributed by atoms with E-state index >= 15 is 0 Å². The zero-order valence-electron chi connectivity index (χ0n) is 6.51. The summed E-state index contributed by atoms with van der Waals surface area (Å²) < 4.78 is 19.5. The zero-order chi connectivity index (χ0) is 8.55. The molecule has 1 aromatic carbocycles. The van der Waals surface area contributed by atoms with Crippen LogP contribution in [0.2, 0.25) is 0 Å². The van der Waals surface area contributed by atoms with Gasteiger partial charge in [0.25, 0.3) is 0 Å². The third kappa shape index (κ3) is 1.42. The Labute approximate surface area is 73.9 Å². The van der Waals surface area contributed by atoms with Crippen molar-refractivity contribution >= 4 is 11.1 Å². The molecule has 64 valence electrons. The van der Waals surface area contributed by atoms with Crippen LogP contribution in [-0.4, -0.2) is 14.0 Å². The molecule has 2 rings (SSSR count). The molecule has 1 fully saturated rings. The lowest BCUT2D eigenvalue weighted by Gasteiger charge is -1.95. The normalized spacial score (nSPS) is 29.8. The van der Waals surface area contributed by atoms with Gasteiger partial charge in [0.15, 0.2) is 11.1 Å². The first kappa shape index (κ1) is 7.95. The zero-order valence-corrected chi connectivity index (χ0v) is 7.33. The van der Waals surface area contributed by atoms with Crippen molar-refractivity contribution in [3.05, 3.63) is 35.9 Å². The minimum Gasteiger partial charge on any atom is -0.306 e. The van der Waals surface area contributed by atoms with E-state index in [-0.39, 0.29) is 5.25 Å². The second-order valence-electron chi connectivity index (χ2n) is 3.07. The molecule has 0 spiro atoms. The van der Waals surface area contributed by atoms with Crippen LogP contribution in [0, 0.1) is 0 Å². The van der Waals surface area contributed by atoms with Crippen molar-refractivity contribution < 1.29 is 8.76 Å². The molecule has 3 unspecified atom stereocenters. The summed E-state index contributed by atoms with van der Waals surface area (Å²) in [5.41, 5.74) is 1.19. The molecule has 12 heavy (non-hydrogen) atoms.